The van der Waals surface area contributed by atoms with E-state index >= 15 is 0 Å². The highest BCUT2D eigenvalue weighted by Gasteiger charge is 2.38. The number of likely N-dealkylation sites (tertiary alicyclic amines) is 1. The first kappa shape index (κ1) is 17.7. The van der Waals surface area contributed by atoms with Gasteiger partial charge in [0.2, 0.25) is 0 Å². The van der Waals surface area contributed by atoms with Crippen molar-refractivity contribution in [2.75, 3.05) is 44.7 Å². The lowest BCUT2D eigenvalue weighted by atomic mass is 9.72. The second-order valence-electron chi connectivity index (χ2n) is 8.72. The number of amides is 1. The molecule has 142 valence electrons. The van der Waals surface area contributed by atoms with E-state index in [0.29, 0.717) is 17.7 Å². The standard InChI is InChI=1S/C20H31N5O/c1-14(2)17-22-16-15(5-9-21-19(16)26)18(23-17)25-11-7-20(8-12-25)6-4-10-24(3)13-20/h14H,4-13H2,1-3H3,(H,21,26). The Labute approximate surface area is 156 Å². The van der Waals surface area contributed by atoms with E-state index in [1.165, 1.54) is 38.8 Å². The van der Waals surface area contributed by atoms with Crippen molar-refractivity contribution in [2.45, 2.75) is 51.9 Å². The maximum absolute atomic E-state index is 12.3. The van der Waals surface area contributed by atoms with Gasteiger partial charge >= 0.3 is 0 Å². The van der Waals surface area contributed by atoms with Crippen LogP contribution in [0.15, 0.2) is 0 Å². The number of hydrogen-bond acceptors (Lipinski definition) is 5. The van der Waals surface area contributed by atoms with E-state index < -0.39 is 0 Å². The van der Waals surface area contributed by atoms with E-state index in [-0.39, 0.29) is 11.8 Å². The summed E-state index contributed by atoms with van der Waals surface area (Å²) < 4.78 is 0. The summed E-state index contributed by atoms with van der Waals surface area (Å²) in [7, 11) is 2.25. The fourth-order valence-corrected chi connectivity index (χ4v) is 4.87. The summed E-state index contributed by atoms with van der Waals surface area (Å²) >= 11 is 0. The van der Waals surface area contributed by atoms with Crippen molar-refractivity contribution >= 4 is 11.7 Å². The molecule has 3 aliphatic rings. The molecule has 0 saturated carbocycles. The molecular weight excluding hydrogens is 326 g/mol. The predicted molar refractivity (Wildman–Crippen MR) is 103 cm³/mol. The predicted octanol–water partition coefficient (Wildman–Crippen LogP) is 2.20. The van der Waals surface area contributed by atoms with Crippen LogP contribution in [0.5, 0.6) is 0 Å². The Morgan fingerprint density at radius 3 is 2.58 bits per heavy atom. The fourth-order valence-electron chi connectivity index (χ4n) is 4.87. The van der Waals surface area contributed by atoms with Gasteiger partial charge in [0, 0.05) is 37.7 Å². The number of piperidine rings is 2. The Morgan fingerprint density at radius 1 is 1.12 bits per heavy atom. The lowest BCUT2D eigenvalue weighted by Gasteiger charge is -2.47. The molecule has 3 aliphatic heterocycles. The maximum atomic E-state index is 12.3. The molecule has 1 aromatic heterocycles. The van der Waals surface area contributed by atoms with Gasteiger partial charge in [-0.1, -0.05) is 13.8 Å². The number of aromatic nitrogens is 2. The van der Waals surface area contributed by atoms with Crippen molar-refractivity contribution in [1.29, 1.82) is 0 Å². The van der Waals surface area contributed by atoms with Gasteiger partial charge in [0.25, 0.3) is 5.91 Å². The van der Waals surface area contributed by atoms with Crippen molar-refractivity contribution in [2.24, 2.45) is 5.41 Å². The molecule has 4 rings (SSSR count). The number of carbonyl (C=O) groups excluding carboxylic acids is 1. The highest BCUT2D eigenvalue weighted by atomic mass is 16.1. The van der Waals surface area contributed by atoms with Crippen LogP contribution in [0.4, 0.5) is 5.82 Å². The molecule has 0 aromatic carbocycles. The van der Waals surface area contributed by atoms with E-state index in [0.717, 1.165) is 36.7 Å². The third-order valence-corrected chi connectivity index (χ3v) is 6.37. The Kier molecular flexibility index (Phi) is 4.63. The highest BCUT2D eigenvalue weighted by molar-refractivity contribution is 5.96. The molecule has 1 aromatic rings. The van der Waals surface area contributed by atoms with Crippen molar-refractivity contribution < 1.29 is 4.79 Å². The maximum Gasteiger partial charge on any atom is 0.270 e. The van der Waals surface area contributed by atoms with Crippen LogP contribution in [0.1, 0.15) is 67.3 Å². The zero-order valence-corrected chi connectivity index (χ0v) is 16.3. The van der Waals surface area contributed by atoms with Crippen LogP contribution in [0.25, 0.3) is 0 Å². The number of carbonyl (C=O) groups is 1. The van der Waals surface area contributed by atoms with Gasteiger partial charge in [-0.3, -0.25) is 4.79 Å². The average molecular weight is 358 g/mol. The molecule has 6 nitrogen and oxygen atoms in total. The molecule has 0 atom stereocenters. The number of anilines is 1. The molecule has 0 aliphatic carbocycles. The first-order chi connectivity index (χ1) is 12.5. The van der Waals surface area contributed by atoms with Crippen molar-refractivity contribution in [3.05, 3.63) is 17.1 Å². The van der Waals surface area contributed by atoms with Crippen LogP contribution in [0.2, 0.25) is 0 Å². The van der Waals surface area contributed by atoms with Crippen molar-refractivity contribution in [3.63, 3.8) is 0 Å². The van der Waals surface area contributed by atoms with Gasteiger partial charge in [0.05, 0.1) is 0 Å². The lowest BCUT2D eigenvalue weighted by molar-refractivity contribution is 0.0819. The van der Waals surface area contributed by atoms with Crippen LogP contribution in [-0.2, 0) is 6.42 Å². The zero-order valence-electron chi connectivity index (χ0n) is 16.3. The minimum atomic E-state index is -0.0424. The average Bonchev–Trinajstić information content (AvgIpc) is 2.62. The second-order valence-corrected chi connectivity index (χ2v) is 8.72. The molecule has 2 fully saturated rings. The van der Waals surface area contributed by atoms with Crippen LogP contribution < -0.4 is 10.2 Å². The van der Waals surface area contributed by atoms with E-state index in [1.54, 1.807) is 0 Å². The molecule has 0 unspecified atom stereocenters. The van der Waals surface area contributed by atoms with Gasteiger partial charge in [-0.25, -0.2) is 9.97 Å². The molecule has 2 saturated heterocycles. The lowest BCUT2D eigenvalue weighted by Crippen LogP contribution is -2.49. The Balaban J connectivity index is 1.61. The fraction of sp³-hybridized carbons (Fsp3) is 0.750. The zero-order chi connectivity index (χ0) is 18.3. The van der Waals surface area contributed by atoms with E-state index in [4.69, 9.17) is 4.98 Å². The van der Waals surface area contributed by atoms with Crippen LogP contribution in [0.3, 0.4) is 0 Å². The normalized spacial score (nSPS) is 23.2. The third-order valence-electron chi connectivity index (χ3n) is 6.37. The monoisotopic (exact) mass is 357 g/mol. The summed E-state index contributed by atoms with van der Waals surface area (Å²) in [5.74, 6) is 1.98. The molecule has 26 heavy (non-hydrogen) atoms. The molecular formula is C20H31N5O. The SMILES string of the molecule is CC(C)c1nc2c(c(N3CCC4(CCCN(C)C4)CC3)n1)CCNC2=O. The van der Waals surface area contributed by atoms with Gasteiger partial charge in [-0.2, -0.15) is 0 Å². The topological polar surface area (TPSA) is 61.4 Å². The van der Waals surface area contributed by atoms with Gasteiger partial charge < -0.3 is 15.1 Å². The minimum absolute atomic E-state index is 0.0424. The van der Waals surface area contributed by atoms with Crippen molar-refractivity contribution in [3.8, 4) is 0 Å². The van der Waals surface area contributed by atoms with E-state index in [9.17, 15) is 4.79 Å². The highest BCUT2D eigenvalue weighted by Crippen LogP contribution is 2.41. The summed E-state index contributed by atoms with van der Waals surface area (Å²) in [5.41, 5.74) is 2.13. The summed E-state index contributed by atoms with van der Waals surface area (Å²) in [6.07, 6.45) is 5.95. The number of nitrogens with zero attached hydrogens (tertiary/aromatic N) is 4. The van der Waals surface area contributed by atoms with Crippen molar-refractivity contribution in [1.82, 2.24) is 20.2 Å². The molecule has 6 heteroatoms. The molecule has 1 amide bonds. The molecule has 0 radical (unpaired) electrons. The van der Waals surface area contributed by atoms with Crippen LogP contribution in [-0.4, -0.2) is 60.5 Å². The largest absolute Gasteiger partial charge is 0.356 e. The molecule has 4 heterocycles. The first-order valence-corrected chi connectivity index (χ1v) is 10.1. The quantitative estimate of drug-likeness (QED) is 0.879. The van der Waals surface area contributed by atoms with E-state index in [2.05, 4.69) is 41.0 Å². The van der Waals surface area contributed by atoms with Crippen LogP contribution >= 0.6 is 0 Å². The smallest absolute Gasteiger partial charge is 0.270 e. The molecule has 1 N–H and O–H groups in total. The van der Waals surface area contributed by atoms with Gasteiger partial charge in [-0.15, -0.1) is 0 Å². The number of hydrogen-bond donors (Lipinski definition) is 1. The molecule has 0 bridgehead atoms. The molecule has 1 spiro atoms. The third kappa shape index (κ3) is 3.20. The van der Waals surface area contributed by atoms with Gasteiger partial charge in [0.15, 0.2) is 0 Å². The number of nitrogens with one attached hydrogen (secondary N) is 1. The van der Waals surface area contributed by atoms with Gasteiger partial charge in [-0.05, 0) is 51.1 Å². The Hall–Kier alpha value is -1.69. The Bertz CT molecular complexity index is 694. The summed E-state index contributed by atoms with van der Waals surface area (Å²) in [5, 5.41) is 2.93. The summed E-state index contributed by atoms with van der Waals surface area (Å²) in [6, 6.07) is 0. The number of fused-ring (bicyclic) bond motifs is 1. The number of rotatable bonds is 2. The summed E-state index contributed by atoms with van der Waals surface area (Å²) in [6.45, 7) is 9.41. The first-order valence-electron chi connectivity index (χ1n) is 10.1. The van der Waals surface area contributed by atoms with Crippen LogP contribution in [0, 0.1) is 5.41 Å². The Morgan fingerprint density at radius 2 is 1.88 bits per heavy atom. The van der Waals surface area contributed by atoms with Gasteiger partial charge in [0.1, 0.15) is 17.3 Å². The second kappa shape index (κ2) is 6.80. The minimum Gasteiger partial charge on any atom is -0.356 e. The van der Waals surface area contributed by atoms with E-state index in [1.807, 2.05) is 0 Å². The summed E-state index contributed by atoms with van der Waals surface area (Å²) in [4.78, 5) is 26.8.